The summed E-state index contributed by atoms with van der Waals surface area (Å²) in [7, 11) is 0. The highest BCUT2D eigenvalue weighted by molar-refractivity contribution is 9.11. The Hall–Kier alpha value is -0.380. The molecule has 3 aromatic rings. The van der Waals surface area contributed by atoms with Gasteiger partial charge in [0.05, 0.1) is 3.79 Å². The van der Waals surface area contributed by atoms with Crippen LogP contribution in [-0.2, 0) is 0 Å². The van der Waals surface area contributed by atoms with Crippen molar-refractivity contribution in [3.05, 3.63) is 44.7 Å². The topological polar surface area (TPSA) is 0 Å². The van der Waals surface area contributed by atoms with Gasteiger partial charge in [-0.25, -0.2) is 0 Å². The third kappa shape index (κ3) is 1.53. The minimum atomic E-state index is 1.17. The summed E-state index contributed by atoms with van der Waals surface area (Å²) in [4.78, 5) is 0. The maximum Gasteiger partial charge on any atom is 0.0711 e. The lowest BCUT2D eigenvalue weighted by atomic mass is 10.1. The number of fused-ring (bicyclic) bond motifs is 3. The summed E-state index contributed by atoms with van der Waals surface area (Å²) in [6, 6.07) is 12.8. The molecule has 15 heavy (non-hydrogen) atoms. The fraction of sp³-hybridized carbons (Fsp3) is 0. The first-order valence-corrected chi connectivity index (χ1v) is 6.92. The van der Waals surface area contributed by atoms with Crippen LogP contribution in [0.1, 0.15) is 0 Å². The van der Waals surface area contributed by atoms with Gasteiger partial charge in [0.1, 0.15) is 0 Å². The van der Waals surface area contributed by atoms with Crippen LogP contribution in [-0.4, -0.2) is 0 Å². The molecule has 0 aliphatic heterocycles. The molecule has 0 aliphatic rings. The molecule has 3 heteroatoms. The SMILES string of the molecule is Brc1cc2c(cc(Br)c3ccccc32)s1. The van der Waals surface area contributed by atoms with E-state index in [0.29, 0.717) is 0 Å². The smallest absolute Gasteiger partial charge is 0.0711 e. The average Bonchev–Trinajstić information content (AvgIpc) is 2.59. The fourth-order valence-electron chi connectivity index (χ4n) is 1.81. The van der Waals surface area contributed by atoms with E-state index in [0.717, 1.165) is 0 Å². The first-order valence-electron chi connectivity index (χ1n) is 4.52. The van der Waals surface area contributed by atoms with Crippen LogP contribution in [0.5, 0.6) is 0 Å². The van der Waals surface area contributed by atoms with Crippen LogP contribution in [0.4, 0.5) is 0 Å². The largest absolute Gasteiger partial charge is 0.128 e. The van der Waals surface area contributed by atoms with Gasteiger partial charge in [-0.15, -0.1) is 11.3 Å². The van der Waals surface area contributed by atoms with Crippen LogP contribution < -0.4 is 0 Å². The van der Waals surface area contributed by atoms with Crippen molar-refractivity contribution >= 4 is 64.1 Å². The van der Waals surface area contributed by atoms with Crippen LogP contribution in [0.3, 0.4) is 0 Å². The standard InChI is InChI=1S/C12H6Br2S/c13-10-6-11-9(5-12(14)15-11)7-3-1-2-4-8(7)10/h1-6H. The monoisotopic (exact) mass is 340 g/mol. The second-order valence-electron chi connectivity index (χ2n) is 3.37. The fourth-order valence-corrected chi connectivity index (χ4v) is 4.13. The summed E-state index contributed by atoms with van der Waals surface area (Å²) in [6.07, 6.45) is 0. The summed E-state index contributed by atoms with van der Waals surface area (Å²) >= 11 is 8.92. The molecular weight excluding hydrogens is 336 g/mol. The van der Waals surface area contributed by atoms with E-state index >= 15 is 0 Å². The van der Waals surface area contributed by atoms with Gasteiger partial charge in [-0.3, -0.25) is 0 Å². The van der Waals surface area contributed by atoms with Gasteiger partial charge in [0.15, 0.2) is 0 Å². The number of thiophene rings is 1. The van der Waals surface area contributed by atoms with Crippen molar-refractivity contribution in [2.45, 2.75) is 0 Å². The molecule has 0 radical (unpaired) electrons. The van der Waals surface area contributed by atoms with Gasteiger partial charge in [-0.05, 0) is 38.8 Å². The highest BCUT2D eigenvalue weighted by atomic mass is 79.9. The Labute approximate surface area is 108 Å². The van der Waals surface area contributed by atoms with E-state index in [1.54, 1.807) is 11.3 Å². The zero-order valence-corrected chi connectivity index (χ0v) is 11.6. The molecule has 0 saturated heterocycles. The summed E-state index contributed by atoms with van der Waals surface area (Å²) in [5, 5.41) is 3.91. The van der Waals surface area contributed by atoms with Gasteiger partial charge in [-0.2, -0.15) is 0 Å². The van der Waals surface area contributed by atoms with E-state index in [4.69, 9.17) is 0 Å². The Morgan fingerprint density at radius 3 is 2.40 bits per heavy atom. The number of hydrogen-bond donors (Lipinski definition) is 0. The lowest BCUT2D eigenvalue weighted by molar-refractivity contribution is 1.78. The molecule has 0 unspecified atom stereocenters. The quantitative estimate of drug-likeness (QED) is 0.500. The van der Waals surface area contributed by atoms with Gasteiger partial charge in [0.25, 0.3) is 0 Å². The van der Waals surface area contributed by atoms with Crippen LogP contribution in [0, 0.1) is 0 Å². The second kappa shape index (κ2) is 3.58. The third-order valence-electron chi connectivity index (χ3n) is 2.46. The minimum absolute atomic E-state index is 1.17. The lowest BCUT2D eigenvalue weighted by Gasteiger charge is -2.01. The first kappa shape index (κ1) is 9.82. The molecule has 3 rings (SSSR count). The van der Waals surface area contributed by atoms with Crippen molar-refractivity contribution < 1.29 is 0 Å². The van der Waals surface area contributed by atoms with Crippen molar-refractivity contribution in [3.63, 3.8) is 0 Å². The number of benzene rings is 2. The Balaban J connectivity index is 2.62. The van der Waals surface area contributed by atoms with Gasteiger partial charge < -0.3 is 0 Å². The summed E-state index contributed by atoms with van der Waals surface area (Å²) in [5.74, 6) is 0. The van der Waals surface area contributed by atoms with Crippen molar-refractivity contribution in [1.82, 2.24) is 0 Å². The van der Waals surface area contributed by atoms with E-state index in [9.17, 15) is 0 Å². The summed E-state index contributed by atoms with van der Waals surface area (Å²) < 4.78 is 3.66. The predicted octanol–water partition coefficient (Wildman–Crippen LogP) is 5.58. The molecule has 2 aromatic carbocycles. The van der Waals surface area contributed by atoms with Crippen molar-refractivity contribution in [3.8, 4) is 0 Å². The Kier molecular flexibility index (Phi) is 2.34. The van der Waals surface area contributed by atoms with Gasteiger partial charge >= 0.3 is 0 Å². The maximum atomic E-state index is 3.62. The summed E-state index contributed by atoms with van der Waals surface area (Å²) in [5.41, 5.74) is 0. The van der Waals surface area contributed by atoms with Gasteiger partial charge in [0, 0.05) is 14.6 Å². The molecule has 0 spiro atoms. The molecule has 0 aliphatic carbocycles. The molecule has 0 atom stereocenters. The molecule has 0 nitrogen and oxygen atoms in total. The number of rotatable bonds is 0. The van der Waals surface area contributed by atoms with Crippen LogP contribution in [0.2, 0.25) is 0 Å². The normalized spacial score (nSPS) is 11.3. The van der Waals surface area contributed by atoms with E-state index in [1.165, 1.54) is 29.1 Å². The van der Waals surface area contributed by atoms with E-state index in [-0.39, 0.29) is 0 Å². The zero-order chi connectivity index (χ0) is 10.4. The molecule has 1 aromatic heterocycles. The summed E-state index contributed by atoms with van der Waals surface area (Å²) in [6.45, 7) is 0. The molecule has 0 fully saturated rings. The first-order chi connectivity index (χ1) is 7.25. The van der Waals surface area contributed by atoms with Crippen LogP contribution >= 0.6 is 43.2 Å². The lowest BCUT2D eigenvalue weighted by Crippen LogP contribution is -1.74. The molecular formula is C12H6Br2S. The van der Waals surface area contributed by atoms with E-state index in [1.807, 2.05) is 0 Å². The Morgan fingerprint density at radius 2 is 1.60 bits per heavy atom. The molecule has 74 valence electrons. The minimum Gasteiger partial charge on any atom is -0.128 e. The molecule has 0 amide bonds. The van der Waals surface area contributed by atoms with Crippen LogP contribution in [0.25, 0.3) is 20.9 Å². The van der Waals surface area contributed by atoms with E-state index < -0.39 is 0 Å². The molecule has 0 N–H and O–H groups in total. The third-order valence-corrected chi connectivity index (χ3v) is 4.70. The van der Waals surface area contributed by atoms with Crippen molar-refractivity contribution in [1.29, 1.82) is 0 Å². The van der Waals surface area contributed by atoms with Crippen LogP contribution in [0.15, 0.2) is 44.7 Å². The van der Waals surface area contributed by atoms with Crippen molar-refractivity contribution in [2.24, 2.45) is 0 Å². The maximum absolute atomic E-state index is 3.62. The van der Waals surface area contributed by atoms with E-state index in [2.05, 4.69) is 68.3 Å². The molecule has 1 heterocycles. The second-order valence-corrected chi connectivity index (χ2v) is 6.68. The zero-order valence-electron chi connectivity index (χ0n) is 7.63. The number of halogens is 2. The highest BCUT2D eigenvalue weighted by Gasteiger charge is 2.06. The van der Waals surface area contributed by atoms with Gasteiger partial charge in [-0.1, -0.05) is 40.2 Å². The Bertz CT molecular complexity index is 655. The Morgan fingerprint density at radius 1 is 0.867 bits per heavy atom. The number of hydrogen-bond acceptors (Lipinski definition) is 1. The highest BCUT2D eigenvalue weighted by Crippen LogP contribution is 2.38. The van der Waals surface area contributed by atoms with Gasteiger partial charge in [0.2, 0.25) is 0 Å². The molecule has 0 saturated carbocycles. The van der Waals surface area contributed by atoms with Crippen molar-refractivity contribution in [2.75, 3.05) is 0 Å². The predicted molar refractivity (Wildman–Crippen MR) is 74.7 cm³/mol. The molecule has 0 bridgehead atoms. The average molecular weight is 342 g/mol.